The third-order valence-electron chi connectivity index (χ3n) is 4.32. The number of pyridine rings is 1. The van der Waals surface area contributed by atoms with Crippen LogP contribution in [0, 0.1) is 12.7 Å². The first kappa shape index (κ1) is 22.5. The lowest BCUT2D eigenvalue weighted by Gasteiger charge is -2.13. The molecule has 0 saturated heterocycles. The number of aryl methyl sites for hydroxylation is 1. The van der Waals surface area contributed by atoms with Gasteiger partial charge in [0.15, 0.2) is 5.96 Å². The summed E-state index contributed by atoms with van der Waals surface area (Å²) >= 11 is 1.68. The number of aliphatic imine (C=N–C) groups is 1. The molecule has 3 rings (SSSR count). The van der Waals surface area contributed by atoms with Crippen LogP contribution < -0.4 is 10.6 Å². The number of hydrogen-bond acceptors (Lipinski definition) is 3. The summed E-state index contributed by atoms with van der Waals surface area (Å²) in [6, 6.07) is 11.0. The third-order valence-corrected chi connectivity index (χ3v) is 4.92. The Hall–Kier alpha value is -1.81. The quantitative estimate of drug-likeness (QED) is 0.296. The lowest BCUT2D eigenvalue weighted by atomic mass is 10.1. The molecular formula is C20H25FIN5S. The number of thioether (sulfide) groups is 1. The highest BCUT2D eigenvalue weighted by molar-refractivity contribution is 14.0. The maximum absolute atomic E-state index is 13.5. The average Bonchev–Trinajstić information content (AvgIpc) is 3.08. The molecule has 5 nitrogen and oxygen atoms in total. The van der Waals surface area contributed by atoms with E-state index < -0.39 is 0 Å². The van der Waals surface area contributed by atoms with Crippen LogP contribution >= 0.6 is 35.7 Å². The first-order valence-corrected chi connectivity index (χ1v) is 10.1. The summed E-state index contributed by atoms with van der Waals surface area (Å²) in [5.74, 6) is 1.26. The molecular weight excluding hydrogens is 488 g/mol. The van der Waals surface area contributed by atoms with E-state index in [4.69, 9.17) is 0 Å². The summed E-state index contributed by atoms with van der Waals surface area (Å²) in [6.45, 7) is 3.21. The van der Waals surface area contributed by atoms with Gasteiger partial charge in [-0.25, -0.2) is 9.37 Å². The molecule has 2 heterocycles. The Bertz CT molecular complexity index is 957. The number of nitrogens with zero attached hydrogens (tertiary/aromatic N) is 3. The van der Waals surface area contributed by atoms with E-state index in [0.717, 1.165) is 33.9 Å². The van der Waals surface area contributed by atoms with Gasteiger partial charge in [0.1, 0.15) is 11.5 Å². The molecule has 0 atom stereocenters. The number of aromatic nitrogens is 2. The van der Waals surface area contributed by atoms with E-state index >= 15 is 0 Å². The molecule has 28 heavy (non-hydrogen) atoms. The Morgan fingerprint density at radius 1 is 1.18 bits per heavy atom. The van der Waals surface area contributed by atoms with Crippen molar-refractivity contribution in [2.75, 3.05) is 13.3 Å². The summed E-state index contributed by atoms with van der Waals surface area (Å²) in [6.07, 6.45) is 4.04. The molecule has 0 saturated carbocycles. The number of rotatable bonds is 6. The predicted octanol–water partition coefficient (Wildman–Crippen LogP) is 4.13. The maximum atomic E-state index is 13.5. The fourth-order valence-electron chi connectivity index (χ4n) is 2.91. The summed E-state index contributed by atoms with van der Waals surface area (Å²) in [7, 11) is 1.73. The molecule has 0 aliphatic rings. The first-order chi connectivity index (χ1) is 13.1. The van der Waals surface area contributed by atoms with Crippen molar-refractivity contribution in [2.24, 2.45) is 4.99 Å². The van der Waals surface area contributed by atoms with Crippen LogP contribution in [-0.2, 0) is 18.8 Å². The SMILES string of the molecule is CN=C(NCc1cn2c(C)cccc2n1)NCc1ccc(F)cc1CSC.I. The van der Waals surface area contributed by atoms with Crippen LogP contribution in [0.5, 0.6) is 0 Å². The summed E-state index contributed by atoms with van der Waals surface area (Å²) in [5.41, 5.74) is 5.09. The van der Waals surface area contributed by atoms with Crippen LogP contribution in [0.15, 0.2) is 47.6 Å². The van der Waals surface area contributed by atoms with E-state index in [9.17, 15) is 4.39 Å². The highest BCUT2D eigenvalue weighted by Gasteiger charge is 2.07. The number of imidazole rings is 1. The standard InChI is InChI=1S/C20H24FN5S.HI/c1-14-5-4-6-19-25-18(12-26(14)19)11-24-20(22-2)23-10-15-7-8-17(21)9-16(15)13-27-3;/h4-9,12H,10-11,13H2,1-3H3,(H2,22,23,24);1H. The predicted molar refractivity (Wildman–Crippen MR) is 126 cm³/mol. The minimum Gasteiger partial charge on any atom is -0.352 e. The molecule has 0 bridgehead atoms. The fourth-order valence-corrected chi connectivity index (χ4v) is 3.49. The Morgan fingerprint density at radius 2 is 1.96 bits per heavy atom. The molecule has 0 fully saturated rings. The monoisotopic (exact) mass is 513 g/mol. The van der Waals surface area contributed by atoms with E-state index in [2.05, 4.69) is 38.0 Å². The van der Waals surface area contributed by atoms with Crippen LogP contribution in [0.3, 0.4) is 0 Å². The van der Waals surface area contributed by atoms with Gasteiger partial charge in [0, 0.05) is 31.2 Å². The van der Waals surface area contributed by atoms with E-state index in [1.807, 2.05) is 30.7 Å². The lowest BCUT2D eigenvalue weighted by Crippen LogP contribution is -2.36. The molecule has 2 aromatic heterocycles. The van der Waals surface area contributed by atoms with Gasteiger partial charge < -0.3 is 15.0 Å². The van der Waals surface area contributed by atoms with Crippen molar-refractivity contribution in [3.8, 4) is 0 Å². The minimum atomic E-state index is -0.201. The largest absolute Gasteiger partial charge is 0.352 e. The van der Waals surface area contributed by atoms with Crippen molar-refractivity contribution in [3.63, 3.8) is 0 Å². The van der Waals surface area contributed by atoms with Gasteiger partial charge in [0.2, 0.25) is 0 Å². The molecule has 8 heteroatoms. The van der Waals surface area contributed by atoms with Gasteiger partial charge in [0.25, 0.3) is 0 Å². The smallest absolute Gasteiger partial charge is 0.191 e. The van der Waals surface area contributed by atoms with E-state index in [0.29, 0.717) is 19.0 Å². The van der Waals surface area contributed by atoms with Gasteiger partial charge in [-0.3, -0.25) is 4.99 Å². The van der Waals surface area contributed by atoms with Crippen molar-refractivity contribution in [1.82, 2.24) is 20.0 Å². The Morgan fingerprint density at radius 3 is 2.68 bits per heavy atom. The van der Waals surface area contributed by atoms with Gasteiger partial charge in [-0.2, -0.15) is 11.8 Å². The minimum absolute atomic E-state index is 0. The number of benzene rings is 1. The van der Waals surface area contributed by atoms with Crippen LogP contribution in [0.25, 0.3) is 5.65 Å². The molecule has 1 aromatic carbocycles. The third kappa shape index (κ3) is 5.60. The first-order valence-electron chi connectivity index (χ1n) is 8.75. The normalized spacial score (nSPS) is 11.4. The number of halogens is 2. The molecule has 0 unspecified atom stereocenters. The zero-order chi connectivity index (χ0) is 19.2. The molecule has 0 amide bonds. The highest BCUT2D eigenvalue weighted by atomic mass is 127. The average molecular weight is 513 g/mol. The van der Waals surface area contributed by atoms with Crippen molar-refractivity contribution >= 4 is 47.3 Å². The maximum Gasteiger partial charge on any atom is 0.191 e. The Kier molecular flexibility index (Phi) is 8.56. The van der Waals surface area contributed by atoms with Crippen LogP contribution in [0.4, 0.5) is 4.39 Å². The highest BCUT2D eigenvalue weighted by Crippen LogP contribution is 2.16. The molecule has 0 radical (unpaired) electrons. The second kappa shape index (κ2) is 10.7. The van der Waals surface area contributed by atoms with Gasteiger partial charge >= 0.3 is 0 Å². The van der Waals surface area contributed by atoms with Gasteiger partial charge in [-0.05, 0) is 48.6 Å². The van der Waals surface area contributed by atoms with Crippen molar-refractivity contribution in [2.45, 2.75) is 25.8 Å². The summed E-state index contributed by atoms with van der Waals surface area (Å²) < 4.78 is 15.6. The molecule has 0 aliphatic carbocycles. The van der Waals surface area contributed by atoms with Crippen LogP contribution in [0.1, 0.15) is 22.5 Å². The van der Waals surface area contributed by atoms with Crippen LogP contribution in [-0.4, -0.2) is 28.6 Å². The molecule has 0 spiro atoms. The lowest BCUT2D eigenvalue weighted by molar-refractivity contribution is 0.625. The topological polar surface area (TPSA) is 53.7 Å². The van der Waals surface area contributed by atoms with E-state index in [1.165, 1.54) is 6.07 Å². The second-order valence-corrected chi connectivity index (χ2v) is 7.12. The van der Waals surface area contributed by atoms with E-state index in [-0.39, 0.29) is 29.8 Å². The van der Waals surface area contributed by atoms with Crippen molar-refractivity contribution < 1.29 is 4.39 Å². The van der Waals surface area contributed by atoms with Crippen LogP contribution in [0.2, 0.25) is 0 Å². The molecule has 150 valence electrons. The fraction of sp³-hybridized carbons (Fsp3) is 0.300. The number of nitrogens with one attached hydrogen (secondary N) is 2. The molecule has 0 aliphatic heterocycles. The number of fused-ring (bicyclic) bond motifs is 1. The zero-order valence-electron chi connectivity index (χ0n) is 16.2. The summed E-state index contributed by atoms with van der Waals surface area (Å²) in [5, 5.41) is 6.57. The van der Waals surface area contributed by atoms with Crippen molar-refractivity contribution in [3.05, 3.63) is 70.9 Å². The second-order valence-electron chi connectivity index (χ2n) is 6.25. The summed E-state index contributed by atoms with van der Waals surface area (Å²) in [4.78, 5) is 8.88. The van der Waals surface area contributed by atoms with E-state index in [1.54, 1.807) is 24.9 Å². The van der Waals surface area contributed by atoms with Gasteiger partial charge in [-0.1, -0.05) is 12.1 Å². The van der Waals surface area contributed by atoms with Gasteiger partial charge in [0.05, 0.1) is 12.2 Å². The van der Waals surface area contributed by atoms with Gasteiger partial charge in [-0.15, -0.1) is 24.0 Å². The Balaban J connectivity index is 0.00000280. The molecule has 3 aromatic rings. The molecule has 2 N–H and O–H groups in total. The van der Waals surface area contributed by atoms with Crippen molar-refractivity contribution in [1.29, 1.82) is 0 Å². The number of hydrogen-bond donors (Lipinski definition) is 2. The Labute approximate surface area is 186 Å². The zero-order valence-corrected chi connectivity index (χ0v) is 19.3. The number of guanidine groups is 1.